The molecule has 31 heavy (non-hydrogen) atoms. The van der Waals surface area contributed by atoms with Crippen molar-refractivity contribution in [3.63, 3.8) is 0 Å². The molecule has 0 radical (unpaired) electrons. The third kappa shape index (κ3) is 5.41. The smallest absolute Gasteiger partial charge is 0.295 e. The van der Waals surface area contributed by atoms with Gasteiger partial charge >= 0.3 is 0 Å². The predicted octanol–water partition coefficient (Wildman–Crippen LogP) is 2.71. The van der Waals surface area contributed by atoms with Crippen LogP contribution in [0, 0.1) is 23.3 Å². The summed E-state index contributed by atoms with van der Waals surface area (Å²) in [6.45, 7) is 0. The van der Waals surface area contributed by atoms with E-state index in [1.807, 2.05) is 0 Å². The van der Waals surface area contributed by atoms with Crippen LogP contribution in [0.25, 0.3) is 5.69 Å². The zero-order valence-electron chi connectivity index (χ0n) is 16.3. The molecule has 3 rings (SSSR count). The topological polar surface area (TPSA) is 110 Å². The maximum atomic E-state index is 13.9. The van der Waals surface area contributed by atoms with Gasteiger partial charge in [-0.1, -0.05) is 11.8 Å². The monoisotopic (exact) mass is 461 g/mol. The maximum absolute atomic E-state index is 13.9. The first-order chi connectivity index (χ1) is 13.8. The summed E-state index contributed by atoms with van der Waals surface area (Å²) in [4.78, 5) is 21.6. The van der Waals surface area contributed by atoms with Gasteiger partial charge in [-0.2, -0.15) is 0 Å². The van der Waals surface area contributed by atoms with E-state index in [0.29, 0.717) is 11.8 Å². The van der Waals surface area contributed by atoms with Crippen LogP contribution in [0.4, 0.5) is 17.6 Å². The van der Waals surface area contributed by atoms with Crippen LogP contribution in [0.3, 0.4) is 0 Å². The first-order valence-electron chi connectivity index (χ1n) is 8.24. The number of carbonyl (C=O) groups excluding carboxylic acids is 1. The molecule has 1 aromatic heterocycles. The normalized spacial score (nSPS) is 10.3. The average Bonchev–Trinajstić information content (AvgIpc) is 3.14. The molecule has 7 nitrogen and oxygen atoms in total. The van der Waals surface area contributed by atoms with E-state index in [4.69, 9.17) is 4.84 Å². The molecular formula is C19H19F4N3O4S. The van der Waals surface area contributed by atoms with Crippen molar-refractivity contribution in [2.45, 2.75) is 10.9 Å². The Morgan fingerprint density at radius 2 is 1.68 bits per heavy atom. The van der Waals surface area contributed by atoms with Crippen LogP contribution >= 0.6 is 11.8 Å². The van der Waals surface area contributed by atoms with Crippen LogP contribution in [0.1, 0.15) is 16.1 Å². The highest BCUT2D eigenvalue weighted by molar-refractivity contribution is 7.98. The first kappa shape index (κ1) is 26.1. The summed E-state index contributed by atoms with van der Waals surface area (Å²) in [6.07, 6.45) is 1.27. The van der Waals surface area contributed by atoms with Crippen molar-refractivity contribution in [2.24, 2.45) is 0 Å². The van der Waals surface area contributed by atoms with E-state index in [1.165, 1.54) is 49.2 Å². The number of nitrogens with zero attached hydrogens (tertiary/aromatic N) is 3. The molecule has 0 aliphatic rings. The van der Waals surface area contributed by atoms with Crippen LogP contribution in [0.2, 0.25) is 0 Å². The van der Waals surface area contributed by atoms with E-state index < -0.39 is 34.7 Å². The number of hydrogen-bond acceptors (Lipinski definition) is 4. The van der Waals surface area contributed by atoms with E-state index in [2.05, 4.69) is 4.98 Å². The van der Waals surface area contributed by atoms with Gasteiger partial charge in [0.2, 0.25) is 0 Å². The number of carbonyl (C=O) groups is 1. The zero-order valence-corrected chi connectivity index (χ0v) is 17.1. The van der Waals surface area contributed by atoms with Gasteiger partial charge < -0.3 is 11.0 Å². The number of hydroxylamine groups is 2. The highest BCUT2D eigenvalue weighted by atomic mass is 32.2. The van der Waals surface area contributed by atoms with E-state index in [9.17, 15) is 22.4 Å². The van der Waals surface area contributed by atoms with Crippen molar-refractivity contribution in [3.8, 4) is 5.69 Å². The second-order valence-electron chi connectivity index (χ2n) is 5.83. The summed E-state index contributed by atoms with van der Waals surface area (Å²) < 4.78 is 56.0. The number of halogens is 4. The summed E-state index contributed by atoms with van der Waals surface area (Å²) in [5.41, 5.74) is 0.0358. The molecule has 1 amide bonds. The van der Waals surface area contributed by atoms with E-state index in [-0.39, 0.29) is 27.6 Å². The summed E-state index contributed by atoms with van der Waals surface area (Å²) in [5.74, 6) is -4.64. The minimum Gasteiger partial charge on any atom is -0.412 e. The van der Waals surface area contributed by atoms with Crippen LogP contribution in [0.5, 0.6) is 0 Å². The number of amides is 1. The first-order valence-corrected chi connectivity index (χ1v) is 9.23. The standard InChI is InChI=1S/C19H15F4N3O2S.2H2O/c1-25(28-2)18(27)16-9-24-19(26(16)12-5-3-11(20)4-6-12)29-10-13-14(21)7-8-15(22)17(13)23;;/h3-9H,10H2,1-2H3;2*1H2. The molecule has 0 unspecified atom stereocenters. The highest BCUT2D eigenvalue weighted by Crippen LogP contribution is 2.29. The van der Waals surface area contributed by atoms with E-state index >= 15 is 0 Å². The molecule has 0 fully saturated rings. The second kappa shape index (κ2) is 10.9. The third-order valence-corrected chi connectivity index (χ3v) is 5.06. The maximum Gasteiger partial charge on any atom is 0.295 e. The molecule has 0 aliphatic carbocycles. The fourth-order valence-electron chi connectivity index (χ4n) is 2.51. The number of aromatic nitrogens is 2. The second-order valence-corrected chi connectivity index (χ2v) is 6.78. The Bertz CT molecular complexity index is 1050. The number of hydrogen-bond donors (Lipinski definition) is 0. The Kier molecular flexibility index (Phi) is 9.19. The summed E-state index contributed by atoms with van der Waals surface area (Å²) >= 11 is 0.894. The van der Waals surface area contributed by atoms with Gasteiger partial charge in [0.25, 0.3) is 5.91 Å². The van der Waals surface area contributed by atoms with E-state index in [0.717, 1.165) is 22.9 Å². The van der Waals surface area contributed by atoms with Gasteiger partial charge in [-0.05, 0) is 36.4 Å². The van der Waals surface area contributed by atoms with Crippen molar-refractivity contribution < 1.29 is 38.1 Å². The lowest BCUT2D eigenvalue weighted by atomic mass is 10.2. The Labute approximate surface area is 178 Å². The molecule has 4 N–H and O–H groups in total. The molecule has 1 heterocycles. The van der Waals surface area contributed by atoms with Crippen LogP contribution in [0.15, 0.2) is 47.8 Å². The lowest BCUT2D eigenvalue weighted by Crippen LogP contribution is -2.27. The Morgan fingerprint density at radius 3 is 2.29 bits per heavy atom. The molecule has 2 aromatic carbocycles. The molecule has 0 atom stereocenters. The van der Waals surface area contributed by atoms with Crippen LogP contribution in [-0.2, 0) is 10.6 Å². The number of thioether (sulfide) groups is 1. The molecule has 0 saturated carbocycles. The molecule has 0 bridgehead atoms. The van der Waals surface area contributed by atoms with Crippen molar-refractivity contribution in [3.05, 3.63) is 77.1 Å². The summed E-state index contributed by atoms with van der Waals surface area (Å²) in [5, 5.41) is 1.17. The SMILES string of the molecule is CON(C)C(=O)c1cnc(SCc2c(F)ccc(F)c2F)n1-c1ccc(F)cc1.O.O. The molecule has 0 spiro atoms. The van der Waals surface area contributed by atoms with Crippen molar-refractivity contribution in [1.29, 1.82) is 0 Å². The van der Waals surface area contributed by atoms with Gasteiger partial charge in [-0.25, -0.2) is 27.6 Å². The highest BCUT2D eigenvalue weighted by Gasteiger charge is 2.23. The van der Waals surface area contributed by atoms with Gasteiger partial charge in [-0.3, -0.25) is 14.2 Å². The average molecular weight is 461 g/mol. The lowest BCUT2D eigenvalue weighted by molar-refractivity contribution is -0.0762. The van der Waals surface area contributed by atoms with Crippen LogP contribution < -0.4 is 0 Å². The molecule has 3 aromatic rings. The van der Waals surface area contributed by atoms with Gasteiger partial charge in [0.05, 0.1) is 13.3 Å². The van der Waals surface area contributed by atoms with Crippen molar-refractivity contribution in [1.82, 2.24) is 14.6 Å². The Hall–Kier alpha value is -2.93. The zero-order chi connectivity index (χ0) is 21.1. The summed E-state index contributed by atoms with van der Waals surface area (Å²) in [7, 11) is 2.70. The molecule has 0 saturated heterocycles. The summed E-state index contributed by atoms with van der Waals surface area (Å²) in [6, 6.07) is 6.79. The van der Waals surface area contributed by atoms with Gasteiger partial charge in [-0.15, -0.1) is 0 Å². The van der Waals surface area contributed by atoms with Crippen LogP contribution in [-0.4, -0.2) is 45.6 Å². The van der Waals surface area contributed by atoms with Gasteiger partial charge in [0.1, 0.15) is 17.3 Å². The minimum atomic E-state index is -1.28. The fourth-order valence-corrected chi connectivity index (χ4v) is 3.51. The third-order valence-electron chi connectivity index (χ3n) is 4.08. The Balaban J connectivity index is 0.00000240. The lowest BCUT2D eigenvalue weighted by Gasteiger charge is -2.16. The minimum absolute atomic E-state index is 0. The molecular weight excluding hydrogens is 442 g/mol. The van der Waals surface area contributed by atoms with Gasteiger partial charge in [0, 0.05) is 24.1 Å². The largest absolute Gasteiger partial charge is 0.412 e. The molecule has 168 valence electrons. The molecule has 12 heteroatoms. The number of rotatable bonds is 6. The number of benzene rings is 2. The quantitative estimate of drug-likeness (QED) is 0.243. The molecule has 0 aliphatic heterocycles. The van der Waals surface area contributed by atoms with Gasteiger partial charge in [0.15, 0.2) is 16.8 Å². The van der Waals surface area contributed by atoms with E-state index in [1.54, 1.807) is 0 Å². The van der Waals surface area contributed by atoms with Crippen molar-refractivity contribution >= 4 is 17.7 Å². The number of imidazole rings is 1. The Morgan fingerprint density at radius 1 is 1.06 bits per heavy atom. The predicted molar refractivity (Wildman–Crippen MR) is 106 cm³/mol. The van der Waals surface area contributed by atoms with Crippen molar-refractivity contribution in [2.75, 3.05) is 14.2 Å². The fraction of sp³-hybridized carbons (Fsp3) is 0.158.